The van der Waals surface area contributed by atoms with Crippen LogP contribution in [-0.4, -0.2) is 29.4 Å². The van der Waals surface area contributed by atoms with E-state index in [-0.39, 0.29) is 12.7 Å². The number of rotatable bonds is 7. The molecule has 2 N–H and O–H groups in total. The van der Waals surface area contributed by atoms with Gasteiger partial charge in [-0.1, -0.05) is 25.5 Å². The van der Waals surface area contributed by atoms with Crippen molar-refractivity contribution in [1.82, 2.24) is 4.98 Å². The Morgan fingerprint density at radius 2 is 2.32 bits per heavy atom. The number of aliphatic hydroxyl groups is 1. The van der Waals surface area contributed by atoms with E-state index in [0.717, 1.165) is 32.6 Å². The van der Waals surface area contributed by atoms with Gasteiger partial charge in [-0.15, -0.1) is 11.3 Å². The number of hydrogen-bond acceptors (Lipinski definition) is 4. The van der Waals surface area contributed by atoms with Gasteiger partial charge in [0.15, 0.2) is 3.95 Å². The SMILES string of the molecule is CCCCOC(CO)Cc1cccc2sc(=S)[nH]c12. The van der Waals surface area contributed by atoms with Crippen LogP contribution in [0.25, 0.3) is 10.2 Å². The van der Waals surface area contributed by atoms with Crippen LogP contribution in [0.2, 0.25) is 0 Å². The number of nitrogens with one attached hydrogen (secondary N) is 1. The number of benzene rings is 1. The normalized spacial score (nSPS) is 12.9. The zero-order chi connectivity index (χ0) is 13.7. The molecule has 2 rings (SSSR count). The minimum absolute atomic E-state index is 0.0466. The molecule has 19 heavy (non-hydrogen) atoms. The molecule has 0 aliphatic rings. The number of aromatic amines is 1. The average molecular weight is 297 g/mol. The first-order chi connectivity index (χ1) is 9.24. The van der Waals surface area contributed by atoms with Crippen molar-refractivity contribution in [2.24, 2.45) is 0 Å². The Hall–Kier alpha value is -0.750. The van der Waals surface area contributed by atoms with Gasteiger partial charge in [0.25, 0.3) is 0 Å². The van der Waals surface area contributed by atoms with E-state index >= 15 is 0 Å². The molecule has 5 heteroatoms. The summed E-state index contributed by atoms with van der Waals surface area (Å²) >= 11 is 6.76. The van der Waals surface area contributed by atoms with Crippen molar-refractivity contribution in [3.05, 3.63) is 27.7 Å². The molecule has 0 bridgehead atoms. The minimum Gasteiger partial charge on any atom is -0.394 e. The Balaban J connectivity index is 2.12. The maximum Gasteiger partial charge on any atom is 0.159 e. The molecule has 1 unspecified atom stereocenters. The second-order valence-electron chi connectivity index (χ2n) is 4.54. The Bertz CT molecular complexity index is 576. The molecule has 104 valence electrons. The van der Waals surface area contributed by atoms with Gasteiger partial charge in [-0.05, 0) is 30.3 Å². The van der Waals surface area contributed by atoms with Gasteiger partial charge >= 0.3 is 0 Å². The number of aliphatic hydroxyl groups excluding tert-OH is 1. The predicted molar refractivity (Wildman–Crippen MR) is 82.4 cm³/mol. The second kappa shape index (κ2) is 7.14. The summed E-state index contributed by atoms with van der Waals surface area (Å²) in [7, 11) is 0. The predicted octanol–water partition coefficient (Wildman–Crippen LogP) is 3.68. The molecule has 0 amide bonds. The van der Waals surface area contributed by atoms with Gasteiger partial charge < -0.3 is 14.8 Å². The van der Waals surface area contributed by atoms with Crippen LogP contribution < -0.4 is 0 Å². The maximum absolute atomic E-state index is 9.41. The summed E-state index contributed by atoms with van der Waals surface area (Å²) in [5.74, 6) is 0. The van der Waals surface area contributed by atoms with Gasteiger partial charge in [-0.25, -0.2) is 0 Å². The molecule has 0 aliphatic heterocycles. The lowest BCUT2D eigenvalue weighted by atomic mass is 10.1. The van der Waals surface area contributed by atoms with Gasteiger partial charge in [0.05, 0.1) is 22.9 Å². The summed E-state index contributed by atoms with van der Waals surface area (Å²) in [6.45, 7) is 2.88. The fourth-order valence-electron chi connectivity index (χ4n) is 2.02. The van der Waals surface area contributed by atoms with Crippen molar-refractivity contribution in [3.8, 4) is 0 Å². The number of H-pyrrole nitrogens is 1. The zero-order valence-corrected chi connectivity index (χ0v) is 12.6. The van der Waals surface area contributed by atoms with E-state index in [1.165, 1.54) is 0 Å². The van der Waals surface area contributed by atoms with Gasteiger partial charge in [0.2, 0.25) is 0 Å². The summed E-state index contributed by atoms with van der Waals surface area (Å²) < 4.78 is 7.65. The third-order valence-electron chi connectivity index (χ3n) is 3.04. The monoisotopic (exact) mass is 297 g/mol. The summed E-state index contributed by atoms with van der Waals surface area (Å²) in [6, 6.07) is 6.14. The lowest BCUT2D eigenvalue weighted by Gasteiger charge is -2.15. The molecule has 0 aliphatic carbocycles. The largest absolute Gasteiger partial charge is 0.394 e. The second-order valence-corrected chi connectivity index (χ2v) is 6.26. The summed E-state index contributed by atoms with van der Waals surface area (Å²) in [4.78, 5) is 3.22. The van der Waals surface area contributed by atoms with Crippen LogP contribution >= 0.6 is 23.6 Å². The lowest BCUT2D eigenvalue weighted by molar-refractivity contribution is 0.0124. The van der Waals surface area contributed by atoms with E-state index in [9.17, 15) is 5.11 Å². The summed E-state index contributed by atoms with van der Waals surface area (Å²) in [5, 5.41) is 9.41. The van der Waals surface area contributed by atoms with Gasteiger partial charge in [0, 0.05) is 13.0 Å². The van der Waals surface area contributed by atoms with Crippen LogP contribution in [0.5, 0.6) is 0 Å². The molecule has 1 heterocycles. The smallest absolute Gasteiger partial charge is 0.159 e. The van der Waals surface area contributed by atoms with E-state index in [1.807, 2.05) is 6.07 Å². The summed E-state index contributed by atoms with van der Waals surface area (Å²) in [6.07, 6.45) is 2.70. The van der Waals surface area contributed by atoms with Crippen molar-refractivity contribution in [3.63, 3.8) is 0 Å². The highest BCUT2D eigenvalue weighted by Crippen LogP contribution is 2.24. The highest BCUT2D eigenvalue weighted by molar-refractivity contribution is 7.73. The molecule has 0 fully saturated rings. The molecule has 0 radical (unpaired) electrons. The number of thiazole rings is 1. The van der Waals surface area contributed by atoms with Crippen molar-refractivity contribution in [1.29, 1.82) is 0 Å². The van der Waals surface area contributed by atoms with Crippen LogP contribution in [0, 0.1) is 3.95 Å². The van der Waals surface area contributed by atoms with E-state index in [2.05, 4.69) is 24.0 Å². The van der Waals surface area contributed by atoms with Crippen molar-refractivity contribution in [2.75, 3.05) is 13.2 Å². The maximum atomic E-state index is 9.41. The molecule has 3 nitrogen and oxygen atoms in total. The third kappa shape index (κ3) is 3.86. The summed E-state index contributed by atoms with van der Waals surface area (Å²) in [5.41, 5.74) is 2.23. The first kappa shape index (κ1) is 14.7. The number of hydrogen-bond donors (Lipinski definition) is 2. The molecular formula is C14H19NO2S2. The van der Waals surface area contributed by atoms with Crippen molar-refractivity contribution >= 4 is 33.8 Å². The molecule has 1 aromatic carbocycles. The van der Waals surface area contributed by atoms with Gasteiger partial charge in [-0.2, -0.15) is 0 Å². The van der Waals surface area contributed by atoms with Crippen LogP contribution in [0.3, 0.4) is 0 Å². The van der Waals surface area contributed by atoms with Crippen LogP contribution in [0.15, 0.2) is 18.2 Å². The molecular weight excluding hydrogens is 278 g/mol. The van der Waals surface area contributed by atoms with Crippen molar-refractivity contribution in [2.45, 2.75) is 32.3 Å². The number of ether oxygens (including phenoxy) is 1. The van der Waals surface area contributed by atoms with E-state index in [0.29, 0.717) is 13.0 Å². The Kier molecular flexibility index (Phi) is 5.51. The third-order valence-corrected chi connectivity index (χ3v) is 4.24. The highest BCUT2D eigenvalue weighted by Gasteiger charge is 2.12. The Morgan fingerprint density at radius 3 is 3.05 bits per heavy atom. The van der Waals surface area contributed by atoms with Gasteiger partial charge in [-0.3, -0.25) is 0 Å². The average Bonchev–Trinajstić information content (AvgIpc) is 2.79. The van der Waals surface area contributed by atoms with Crippen molar-refractivity contribution < 1.29 is 9.84 Å². The molecule has 1 aromatic heterocycles. The molecule has 1 atom stereocenters. The number of unbranched alkanes of at least 4 members (excludes halogenated alkanes) is 1. The molecule has 0 saturated carbocycles. The Morgan fingerprint density at radius 1 is 1.47 bits per heavy atom. The minimum atomic E-state index is -0.140. The molecule has 2 aromatic rings. The fourth-order valence-corrected chi connectivity index (χ4v) is 3.17. The van der Waals surface area contributed by atoms with Crippen LogP contribution in [-0.2, 0) is 11.2 Å². The standard InChI is InChI=1S/C14H19NO2S2/c1-2-3-7-17-11(9-16)8-10-5-4-6-12-13(10)15-14(18)19-12/h4-6,11,16H,2-3,7-9H2,1H3,(H,15,18). The number of fused-ring (bicyclic) bond motifs is 1. The number of para-hydroxylation sites is 1. The first-order valence-electron chi connectivity index (χ1n) is 6.57. The van der Waals surface area contributed by atoms with Crippen LogP contribution in [0.4, 0.5) is 0 Å². The quantitative estimate of drug-likeness (QED) is 0.605. The highest BCUT2D eigenvalue weighted by atomic mass is 32.1. The molecule has 0 spiro atoms. The van der Waals surface area contributed by atoms with Crippen LogP contribution in [0.1, 0.15) is 25.3 Å². The van der Waals surface area contributed by atoms with Gasteiger partial charge in [0.1, 0.15) is 0 Å². The van der Waals surface area contributed by atoms with E-state index < -0.39 is 0 Å². The van der Waals surface area contributed by atoms with E-state index in [1.54, 1.807) is 11.3 Å². The zero-order valence-electron chi connectivity index (χ0n) is 11.0. The lowest BCUT2D eigenvalue weighted by Crippen LogP contribution is -2.21. The Labute approximate surface area is 122 Å². The topological polar surface area (TPSA) is 45.2 Å². The first-order valence-corrected chi connectivity index (χ1v) is 7.80. The number of aromatic nitrogens is 1. The fraction of sp³-hybridized carbons (Fsp3) is 0.500. The molecule has 0 saturated heterocycles. The van der Waals surface area contributed by atoms with E-state index in [4.69, 9.17) is 17.0 Å².